The first-order valence-corrected chi connectivity index (χ1v) is 9.64. The Bertz CT molecular complexity index is 703. The Labute approximate surface area is 124 Å². The van der Waals surface area contributed by atoms with Gasteiger partial charge in [-0.15, -0.1) is 0 Å². The van der Waals surface area contributed by atoms with Crippen molar-refractivity contribution < 1.29 is 17.7 Å². The molecule has 21 heavy (non-hydrogen) atoms. The third kappa shape index (κ3) is 3.90. The van der Waals surface area contributed by atoms with E-state index in [-0.39, 0.29) is 16.0 Å². The van der Waals surface area contributed by atoms with Crippen LogP contribution >= 0.6 is 0 Å². The predicted molar refractivity (Wildman–Crippen MR) is 80.8 cm³/mol. The summed E-state index contributed by atoms with van der Waals surface area (Å²) in [5.74, 6) is -0.628. The molecule has 7 heteroatoms. The van der Waals surface area contributed by atoms with Crippen LogP contribution < -0.4 is 13.9 Å². The van der Waals surface area contributed by atoms with Gasteiger partial charge in [0.05, 0.1) is 0 Å². The van der Waals surface area contributed by atoms with Crippen molar-refractivity contribution in [2.45, 2.75) is 6.92 Å². The second kappa shape index (κ2) is 6.08. The summed E-state index contributed by atoms with van der Waals surface area (Å²) < 4.78 is 25.0. The van der Waals surface area contributed by atoms with Gasteiger partial charge in [0, 0.05) is 0 Å². The Hall–Kier alpha value is -2.17. The van der Waals surface area contributed by atoms with Crippen LogP contribution in [0.25, 0.3) is 0 Å². The average Bonchev–Trinajstić information content (AvgIpc) is 2.38. The van der Waals surface area contributed by atoms with Crippen molar-refractivity contribution in [3.05, 3.63) is 48.5 Å². The molecule has 1 amide bonds. The number of carbonyl (C=O) groups excluding carboxylic acids is 1. The maximum absolute atomic E-state index is 12.4. The van der Waals surface area contributed by atoms with Gasteiger partial charge >= 0.3 is 124 Å². The maximum atomic E-state index is 12.4. The van der Waals surface area contributed by atoms with E-state index in [1.54, 1.807) is 30.3 Å². The van der Waals surface area contributed by atoms with Gasteiger partial charge in [0.25, 0.3) is 0 Å². The number of nitrogens with one attached hydrogen (secondary N) is 2. The average molecular weight is 350 g/mol. The van der Waals surface area contributed by atoms with Crippen molar-refractivity contribution in [1.82, 2.24) is 0 Å². The van der Waals surface area contributed by atoms with Crippen molar-refractivity contribution in [2.24, 2.45) is 0 Å². The number of hydrogen-bond acceptors (Lipinski definition) is 3. The summed E-state index contributed by atoms with van der Waals surface area (Å²) in [5.41, 5.74) is 0.854. The number of anilines is 2. The zero-order valence-corrected chi connectivity index (χ0v) is 13.2. The fourth-order valence-corrected chi connectivity index (χ4v) is 4.48. The van der Waals surface area contributed by atoms with Gasteiger partial charge in [0.15, 0.2) is 0 Å². The molecule has 0 bridgehead atoms. The number of amides is 1. The summed E-state index contributed by atoms with van der Waals surface area (Å²) in [4.78, 5) is 10.9. The van der Waals surface area contributed by atoms with Gasteiger partial charge in [-0.05, 0) is 0 Å². The van der Waals surface area contributed by atoms with Crippen molar-refractivity contribution in [2.75, 3.05) is 9.55 Å². The summed E-state index contributed by atoms with van der Waals surface area (Å²) in [6, 6.07) is 12.6. The number of rotatable bonds is 4. The first kappa shape index (κ1) is 15.2. The number of aromatic hydroxyl groups is 1. The third-order valence-electron chi connectivity index (χ3n) is 2.68. The van der Waals surface area contributed by atoms with Gasteiger partial charge in [0.1, 0.15) is 0 Å². The van der Waals surface area contributed by atoms with E-state index in [1.807, 2.05) is 0 Å². The molecule has 0 aliphatic carbocycles. The molecule has 2 aromatic rings. The van der Waals surface area contributed by atoms with Crippen LogP contribution in [0.1, 0.15) is 6.92 Å². The van der Waals surface area contributed by atoms with Crippen LogP contribution in [0.5, 0.6) is 5.75 Å². The minimum absolute atomic E-state index is 0.0638. The van der Waals surface area contributed by atoms with E-state index in [2.05, 4.69) is 9.55 Å². The molecule has 0 aliphatic rings. The molecule has 0 fully saturated rings. The van der Waals surface area contributed by atoms with Gasteiger partial charge < -0.3 is 0 Å². The minimum atomic E-state index is -4.67. The molecule has 1 atom stereocenters. The molecule has 0 spiro atoms. The normalized spacial score (nSPS) is 13.2. The first-order valence-electron chi connectivity index (χ1n) is 6.16. The van der Waals surface area contributed by atoms with Crippen LogP contribution in [-0.2, 0) is 8.53 Å². The molecule has 2 rings (SSSR count). The SMILES string of the molecule is CC(=O)Nc1ccc([As](=O)(O)Nc2ccccc2)c(O)c1. The number of carbonyl (C=O) groups is 1. The third-order valence-corrected chi connectivity index (χ3v) is 6.02. The topological polar surface area (TPSA) is 98.7 Å². The van der Waals surface area contributed by atoms with Crippen molar-refractivity contribution in [3.8, 4) is 5.75 Å². The Morgan fingerprint density at radius 3 is 2.33 bits per heavy atom. The fourth-order valence-electron chi connectivity index (χ4n) is 1.81. The molecule has 0 heterocycles. The van der Waals surface area contributed by atoms with E-state index in [0.717, 1.165) is 0 Å². The molecule has 1 unspecified atom stereocenters. The Morgan fingerprint density at radius 2 is 1.76 bits per heavy atom. The van der Waals surface area contributed by atoms with E-state index >= 15 is 0 Å². The Morgan fingerprint density at radius 1 is 1.10 bits per heavy atom. The van der Waals surface area contributed by atoms with Gasteiger partial charge in [-0.1, -0.05) is 0 Å². The van der Waals surface area contributed by atoms with Crippen LogP contribution in [-0.4, -0.2) is 29.2 Å². The van der Waals surface area contributed by atoms with Crippen LogP contribution in [0.15, 0.2) is 48.5 Å². The monoisotopic (exact) mass is 350 g/mol. The molecule has 0 radical (unpaired) electrons. The van der Waals surface area contributed by atoms with E-state index < -0.39 is 14.1 Å². The van der Waals surface area contributed by atoms with Crippen LogP contribution in [0.3, 0.4) is 0 Å². The van der Waals surface area contributed by atoms with Crippen molar-refractivity contribution >= 4 is 35.7 Å². The summed E-state index contributed by atoms with van der Waals surface area (Å²) in [5, 5.41) is 12.4. The van der Waals surface area contributed by atoms with Crippen LogP contribution in [0.2, 0.25) is 0 Å². The molecular formula is C14H15AsN2O4. The summed E-state index contributed by atoms with van der Waals surface area (Å²) >= 11 is -4.67. The second-order valence-corrected chi connectivity index (χ2v) is 8.34. The molecule has 0 saturated heterocycles. The molecule has 2 aromatic carbocycles. The van der Waals surface area contributed by atoms with Crippen molar-refractivity contribution in [1.29, 1.82) is 0 Å². The molecule has 0 aliphatic heterocycles. The van der Waals surface area contributed by atoms with Gasteiger partial charge in [0.2, 0.25) is 0 Å². The molecule has 6 nitrogen and oxygen atoms in total. The van der Waals surface area contributed by atoms with Gasteiger partial charge in [-0.3, -0.25) is 0 Å². The van der Waals surface area contributed by atoms with E-state index in [1.165, 1.54) is 25.1 Å². The van der Waals surface area contributed by atoms with Gasteiger partial charge in [-0.2, -0.15) is 0 Å². The number of benzene rings is 2. The molecule has 4 N–H and O–H groups in total. The zero-order valence-electron chi connectivity index (χ0n) is 11.3. The molecule has 0 aromatic heterocycles. The fraction of sp³-hybridized carbons (Fsp3) is 0.0714. The van der Waals surface area contributed by atoms with E-state index in [9.17, 15) is 17.7 Å². The summed E-state index contributed by atoms with van der Waals surface area (Å²) in [6.45, 7) is 1.34. The summed E-state index contributed by atoms with van der Waals surface area (Å²) in [7, 11) is 0. The Kier molecular flexibility index (Phi) is 4.40. The van der Waals surface area contributed by atoms with Crippen molar-refractivity contribution in [3.63, 3.8) is 0 Å². The Balaban J connectivity index is 2.28. The van der Waals surface area contributed by atoms with Crippen LogP contribution in [0, 0.1) is 0 Å². The number of phenolic OH excluding ortho intramolecular Hbond substituents is 1. The van der Waals surface area contributed by atoms with E-state index in [0.29, 0.717) is 11.4 Å². The quantitative estimate of drug-likeness (QED) is 0.618. The molecule has 110 valence electrons. The van der Waals surface area contributed by atoms with E-state index in [4.69, 9.17) is 0 Å². The number of hydrogen-bond donors (Lipinski definition) is 4. The van der Waals surface area contributed by atoms with Crippen LogP contribution in [0.4, 0.5) is 11.4 Å². The molecular weight excluding hydrogens is 335 g/mol. The number of para-hydroxylation sites is 1. The summed E-state index contributed by atoms with van der Waals surface area (Å²) in [6.07, 6.45) is 0. The second-order valence-electron chi connectivity index (χ2n) is 4.44. The van der Waals surface area contributed by atoms with Gasteiger partial charge in [-0.25, -0.2) is 0 Å². The number of phenols is 1. The zero-order chi connectivity index (χ0) is 15.5. The predicted octanol–water partition coefficient (Wildman–Crippen LogP) is 1.03. The first-order chi connectivity index (χ1) is 9.88. The standard InChI is InChI=1S/C14H15AsN2O4/c1-10(18)16-12-7-8-13(14(19)9-12)15(20,21)17-11-5-3-2-4-6-11/h2-9,19H,1H3,(H,16,18)(H2,17,20,21). The molecule has 0 saturated carbocycles.